The van der Waals surface area contributed by atoms with E-state index in [1.165, 1.54) is 24.0 Å². The van der Waals surface area contributed by atoms with Crippen molar-refractivity contribution < 1.29 is 0 Å². The topological polar surface area (TPSA) is 38.0 Å². The number of aryl methyl sites for hydroxylation is 1. The summed E-state index contributed by atoms with van der Waals surface area (Å²) < 4.78 is 1.15. The van der Waals surface area contributed by atoms with Gasteiger partial charge in [0.05, 0.1) is 0 Å². The van der Waals surface area contributed by atoms with Gasteiger partial charge in [0.1, 0.15) is 0 Å². The van der Waals surface area contributed by atoms with E-state index in [4.69, 9.17) is 5.84 Å². The molecule has 0 fully saturated rings. The van der Waals surface area contributed by atoms with Gasteiger partial charge < -0.3 is 0 Å². The van der Waals surface area contributed by atoms with Crippen LogP contribution in [0, 0.1) is 12.8 Å². The van der Waals surface area contributed by atoms with Crippen molar-refractivity contribution in [1.29, 1.82) is 0 Å². The monoisotopic (exact) mass is 298 g/mol. The van der Waals surface area contributed by atoms with Gasteiger partial charge in [0.2, 0.25) is 0 Å². The van der Waals surface area contributed by atoms with Crippen LogP contribution in [0.5, 0.6) is 0 Å². The van der Waals surface area contributed by atoms with Gasteiger partial charge in [-0.2, -0.15) is 0 Å². The first-order valence-electron chi connectivity index (χ1n) is 6.30. The average molecular weight is 299 g/mol. The van der Waals surface area contributed by atoms with Crippen LogP contribution >= 0.6 is 15.9 Å². The molecule has 0 aromatic heterocycles. The second-order valence-electron chi connectivity index (χ2n) is 4.86. The summed E-state index contributed by atoms with van der Waals surface area (Å²) in [7, 11) is 0. The Bertz CT molecular complexity index is 352. The Morgan fingerprint density at radius 3 is 2.65 bits per heavy atom. The van der Waals surface area contributed by atoms with Crippen molar-refractivity contribution in [3.05, 3.63) is 33.8 Å². The van der Waals surface area contributed by atoms with E-state index in [0.717, 1.165) is 10.9 Å². The zero-order valence-corrected chi connectivity index (χ0v) is 12.5. The second-order valence-corrected chi connectivity index (χ2v) is 5.71. The van der Waals surface area contributed by atoms with E-state index in [9.17, 15) is 0 Å². The molecule has 3 N–H and O–H groups in total. The number of rotatable bonds is 6. The lowest BCUT2D eigenvalue weighted by molar-refractivity contribution is 0.394. The summed E-state index contributed by atoms with van der Waals surface area (Å²) in [6, 6.07) is 6.70. The number of hydrogen-bond donors (Lipinski definition) is 2. The highest BCUT2D eigenvalue weighted by atomic mass is 79.9. The molecule has 0 radical (unpaired) electrons. The molecule has 0 saturated carbocycles. The van der Waals surface area contributed by atoms with Gasteiger partial charge in [0.15, 0.2) is 0 Å². The molecule has 1 aromatic rings. The molecule has 96 valence electrons. The summed E-state index contributed by atoms with van der Waals surface area (Å²) in [6.07, 6.45) is 3.57. The minimum absolute atomic E-state index is 0.244. The number of hydrogen-bond acceptors (Lipinski definition) is 2. The van der Waals surface area contributed by atoms with Crippen LogP contribution in [0.1, 0.15) is 50.3 Å². The van der Waals surface area contributed by atoms with E-state index >= 15 is 0 Å². The first-order chi connectivity index (χ1) is 8.08. The van der Waals surface area contributed by atoms with Gasteiger partial charge in [-0.3, -0.25) is 11.3 Å². The summed E-state index contributed by atoms with van der Waals surface area (Å²) in [5.41, 5.74) is 5.45. The molecule has 0 aliphatic heterocycles. The summed E-state index contributed by atoms with van der Waals surface area (Å²) in [5.74, 6) is 6.37. The molecule has 0 saturated heterocycles. The first kappa shape index (κ1) is 14.7. The highest BCUT2D eigenvalue weighted by Gasteiger charge is 2.14. The predicted molar refractivity (Wildman–Crippen MR) is 77.6 cm³/mol. The molecule has 0 aliphatic rings. The maximum Gasteiger partial charge on any atom is 0.0462 e. The van der Waals surface area contributed by atoms with Crippen LogP contribution in [-0.4, -0.2) is 0 Å². The lowest BCUT2D eigenvalue weighted by Gasteiger charge is -2.21. The van der Waals surface area contributed by atoms with E-state index in [1.54, 1.807) is 0 Å². The highest BCUT2D eigenvalue weighted by Crippen LogP contribution is 2.26. The van der Waals surface area contributed by atoms with Gasteiger partial charge in [-0.15, -0.1) is 0 Å². The van der Waals surface area contributed by atoms with Crippen LogP contribution in [-0.2, 0) is 0 Å². The number of halogens is 1. The molecule has 1 rings (SSSR count). The number of nitrogens with one attached hydrogen (secondary N) is 1. The Labute approximate surface area is 113 Å². The normalized spacial score (nSPS) is 14.6. The Balaban J connectivity index is 2.75. The summed E-state index contributed by atoms with van der Waals surface area (Å²) in [6.45, 7) is 6.61. The van der Waals surface area contributed by atoms with E-state index in [2.05, 4.69) is 60.3 Å². The van der Waals surface area contributed by atoms with Crippen LogP contribution in [0.4, 0.5) is 0 Å². The van der Waals surface area contributed by atoms with Gasteiger partial charge in [0.25, 0.3) is 0 Å². The highest BCUT2D eigenvalue weighted by molar-refractivity contribution is 9.10. The molecule has 2 unspecified atom stereocenters. The Hall–Kier alpha value is -0.380. The summed E-state index contributed by atoms with van der Waals surface area (Å²) >= 11 is 3.57. The van der Waals surface area contributed by atoms with Crippen molar-refractivity contribution in [2.24, 2.45) is 11.8 Å². The fraction of sp³-hybridized carbons (Fsp3) is 0.571. The largest absolute Gasteiger partial charge is 0.271 e. The molecule has 2 nitrogen and oxygen atoms in total. The standard InChI is InChI=1S/C14H23BrN2/c1-4-5-10(2)8-14(17-16)12-7-6-11(3)13(15)9-12/h6-7,9-10,14,17H,4-5,8,16H2,1-3H3. The SMILES string of the molecule is CCCC(C)CC(NN)c1ccc(C)c(Br)c1. The summed E-state index contributed by atoms with van der Waals surface area (Å²) in [5, 5.41) is 0. The Morgan fingerprint density at radius 1 is 1.41 bits per heavy atom. The lowest BCUT2D eigenvalue weighted by atomic mass is 9.93. The minimum atomic E-state index is 0.244. The van der Waals surface area contributed by atoms with E-state index in [1.807, 2.05) is 0 Å². The van der Waals surface area contributed by atoms with E-state index in [-0.39, 0.29) is 6.04 Å². The lowest BCUT2D eigenvalue weighted by Crippen LogP contribution is -2.29. The molecular weight excluding hydrogens is 276 g/mol. The van der Waals surface area contributed by atoms with Gasteiger partial charge in [-0.05, 0) is 36.5 Å². The predicted octanol–water partition coefficient (Wildman–Crippen LogP) is 4.09. The molecule has 3 heteroatoms. The molecule has 1 aromatic carbocycles. The van der Waals surface area contributed by atoms with Gasteiger partial charge in [0, 0.05) is 10.5 Å². The molecule has 2 atom stereocenters. The molecule has 17 heavy (non-hydrogen) atoms. The molecule has 0 aliphatic carbocycles. The van der Waals surface area contributed by atoms with Gasteiger partial charge >= 0.3 is 0 Å². The van der Waals surface area contributed by atoms with Crippen LogP contribution < -0.4 is 11.3 Å². The molecule has 0 bridgehead atoms. The number of hydrazine groups is 1. The Morgan fingerprint density at radius 2 is 2.12 bits per heavy atom. The maximum absolute atomic E-state index is 5.67. The van der Waals surface area contributed by atoms with E-state index < -0.39 is 0 Å². The third-order valence-corrected chi connectivity index (χ3v) is 4.07. The zero-order valence-electron chi connectivity index (χ0n) is 11.0. The fourth-order valence-electron chi connectivity index (χ4n) is 2.14. The third kappa shape index (κ3) is 4.41. The smallest absolute Gasteiger partial charge is 0.0462 e. The minimum Gasteiger partial charge on any atom is -0.271 e. The van der Waals surface area contributed by atoms with Crippen molar-refractivity contribution in [2.45, 2.75) is 46.1 Å². The molecular formula is C14H23BrN2. The van der Waals surface area contributed by atoms with Gasteiger partial charge in [-0.25, -0.2) is 0 Å². The first-order valence-corrected chi connectivity index (χ1v) is 7.10. The summed E-state index contributed by atoms with van der Waals surface area (Å²) in [4.78, 5) is 0. The van der Waals surface area contributed by atoms with Crippen molar-refractivity contribution in [3.8, 4) is 0 Å². The Kier molecular flexibility index (Phi) is 6.17. The number of nitrogens with two attached hydrogens (primary N) is 1. The van der Waals surface area contributed by atoms with Crippen LogP contribution in [0.15, 0.2) is 22.7 Å². The molecule has 0 spiro atoms. The van der Waals surface area contributed by atoms with Crippen molar-refractivity contribution in [3.63, 3.8) is 0 Å². The van der Waals surface area contributed by atoms with Crippen molar-refractivity contribution >= 4 is 15.9 Å². The van der Waals surface area contributed by atoms with Crippen LogP contribution in [0.25, 0.3) is 0 Å². The maximum atomic E-state index is 5.67. The third-order valence-electron chi connectivity index (χ3n) is 3.22. The van der Waals surface area contributed by atoms with Crippen molar-refractivity contribution in [1.82, 2.24) is 5.43 Å². The average Bonchev–Trinajstić information content (AvgIpc) is 2.30. The second kappa shape index (κ2) is 7.14. The number of benzene rings is 1. The molecule has 0 amide bonds. The zero-order chi connectivity index (χ0) is 12.8. The fourth-order valence-corrected chi connectivity index (χ4v) is 2.54. The quantitative estimate of drug-likeness (QED) is 0.613. The van der Waals surface area contributed by atoms with Crippen molar-refractivity contribution in [2.75, 3.05) is 0 Å². The van der Waals surface area contributed by atoms with Gasteiger partial charge in [-0.1, -0.05) is 54.8 Å². The van der Waals surface area contributed by atoms with E-state index in [0.29, 0.717) is 5.92 Å². The van der Waals surface area contributed by atoms with Crippen LogP contribution in [0.3, 0.4) is 0 Å². The molecule has 0 heterocycles. The van der Waals surface area contributed by atoms with Crippen LogP contribution in [0.2, 0.25) is 0 Å².